The standard InChI is InChI=1S/2C8H5NO2S2.Co/c2*10-8(11)7-9-6-4(12)2-1-3-5(6)13-7;/h2*1-3,12H,(H,10,11);/q;;+2/p-2. The normalized spacial score (nSPS) is 10.1. The summed E-state index contributed by atoms with van der Waals surface area (Å²) in [7, 11) is 0. The van der Waals surface area contributed by atoms with Gasteiger partial charge in [-0.2, -0.15) is 0 Å². The number of hydrogen-bond donors (Lipinski definition) is 2. The van der Waals surface area contributed by atoms with Crippen molar-refractivity contribution in [3.63, 3.8) is 0 Å². The molecule has 0 fully saturated rings. The van der Waals surface area contributed by atoms with Crippen LogP contribution < -0.4 is 0 Å². The Hall–Kier alpha value is -1.89. The summed E-state index contributed by atoms with van der Waals surface area (Å²) >= 11 is 12.3. The zero-order valence-corrected chi connectivity index (χ0v) is 17.3. The topological polar surface area (TPSA) is 100 Å². The predicted molar refractivity (Wildman–Crippen MR) is 104 cm³/mol. The molecular weight excluding hydrogens is 471 g/mol. The number of benzene rings is 2. The molecular formula is C16H8CoN2O4S4. The van der Waals surface area contributed by atoms with Crippen LogP contribution in [0.2, 0.25) is 0 Å². The number of nitrogens with zero attached hydrogens (tertiary/aromatic N) is 2. The Morgan fingerprint density at radius 3 is 1.44 bits per heavy atom. The minimum Gasteiger partial charge on any atom is -0.778 e. The van der Waals surface area contributed by atoms with E-state index in [1.165, 1.54) is 0 Å². The van der Waals surface area contributed by atoms with E-state index in [0.717, 1.165) is 32.1 Å². The van der Waals surface area contributed by atoms with Crippen LogP contribution in [0.4, 0.5) is 0 Å². The van der Waals surface area contributed by atoms with Crippen molar-refractivity contribution >= 4 is 80.3 Å². The molecule has 11 heteroatoms. The quantitative estimate of drug-likeness (QED) is 0.419. The number of para-hydroxylation sites is 2. The van der Waals surface area contributed by atoms with Crippen LogP contribution in [0, 0.1) is 0 Å². The van der Waals surface area contributed by atoms with Crippen molar-refractivity contribution in [3.8, 4) is 0 Å². The van der Waals surface area contributed by atoms with Crippen molar-refractivity contribution in [1.29, 1.82) is 0 Å². The molecule has 4 rings (SSSR count). The fourth-order valence-electron chi connectivity index (χ4n) is 2.03. The minimum atomic E-state index is -1.00. The van der Waals surface area contributed by atoms with Gasteiger partial charge in [-0.25, -0.2) is 19.6 Å². The first-order chi connectivity index (χ1) is 12.4. The number of fused-ring (bicyclic) bond motifs is 2. The molecule has 4 aromatic rings. The summed E-state index contributed by atoms with van der Waals surface area (Å²) in [4.78, 5) is 30.2. The van der Waals surface area contributed by atoms with Crippen molar-refractivity contribution in [2.24, 2.45) is 0 Å². The van der Waals surface area contributed by atoms with E-state index < -0.39 is 11.9 Å². The molecule has 0 saturated carbocycles. The van der Waals surface area contributed by atoms with Crippen LogP contribution in [0.1, 0.15) is 19.6 Å². The molecule has 2 N–H and O–H groups in total. The smallest absolute Gasteiger partial charge is 0.778 e. The molecule has 27 heavy (non-hydrogen) atoms. The van der Waals surface area contributed by atoms with Gasteiger partial charge in [0.1, 0.15) is 0 Å². The number of carboxylic acid groups (broad SMARTS) is 2. The number of carbonyl (C=O) groups is 2. The van der Waals surface area contributed by atoms with Crippen molar-refractivity contribution in [2.75, 3.05) is 0 Å². The second-order valence-electron chi connectivity index (χ2n) is 4.85. The van der Waals surface area contributed by atoms with Gasteiger partial charge in [0.2, 0.25) is 10.0 Å². The Balaban J connectivity index is 0.000000187. The van der Waals surface area contributed by atoms with E-state index in [-0.39, 0.29) is 26.8 Å². The molecule has 0 aliphatic heterocycles. The van der Waals surface area contributed by atoms with Crippen LogP contribution in [-0.2, 0) is 42.0 Å². The van der Waals surface area contributed by atoms with E-state index in [4.69, 9.17) is 35.5 Å². The Morgan fingerprint density at radius 1 is 0.778 bits per heavy atom. The van der Waals surface area contributed by atoms with Gasteiger partial charge in [-0.1, -0.05) is 24.3 Å². The fourth-order valence-corrected chi connectivity index (χ4v) is 4.29. The molecule has 1 radical (unpaired) electrons. The largest absolute Gasteiger partial charge is 2.00 e. The fraction of sp³-hybridized carbons (Fsp3) is 0. The number of thiazole rings is 2. The van der Waals surface area contributed by atoms with E-state index in [0.29, 0.717) is 20.8 Å². The molecule has 0 amide bonds. The third kappa shape index (κ3) is 4.69. The van der Waals surface area contributed by atoms with Crippen molar-refractivity contribution in [2.45, 2.75) is 9.79 Å². The Bertz CT molecular complexity index is 1050. The molecule has 0 bridgehead atoms. The molecule has 0 atom stereocenters. The van der Waals surface area contributed by atoms with E-state index in [9.17, 15) is 9.59 Å². The average molecular weight is 479 g/mol. The van der Waals surface area contributed by atoms with Gasteiger partial charge in [0.25, 0.3) is 0 Å². The molecule has 2 aromatic carbocycles. The summed E-state index contributed by atoms with van der Waals surface area (Å²) in [6, 6.07) is 10.7. The zero-order valence-electron chi connectivity index (χ0n) is 13.0. The number of aromatic nitrogens is 2. The molecule has 0 spiro atoms. The first-order valence-electron chi connectivity index (χ1n) is 6.96. The summed E-state index contributed by atoms with van der Waals surface area (Å²) in [6.07, 6.45) is 0. The Labute approximate surface area is 182 Å². The van der Waals surface area contributed by atoms with Crippen molar-refractivity contribution < 1.29 is 36.6 Å². The zero-order chi connectivity index (χ0) is 18.8. The molecule has 0 aliphatic carbocycles. The van der Waals surface area contributed by atoms with Crippen LogP contribution in [0.15, 0.2) is 46.2 Å². The third-order valence-corrected chi connectivity index (χ3v) is 5.81. The summed E-state index contributed by atoms with van der Waals surface area (Å²) in [5.41, 5.74) is 1.22. The van der Waals surface area contributed by atoms with Gasteiger partial charge >= 0.3 is 28.7 Å². The first-order valence-corrected chi connectivity index (χ1v) is 9.41. The average Bonchev–Trinajstić information content (AvgIpc) is 3.21. The van der Waals surface area contributed by atoms with Crippen molar-refractivity contribution in [3.05, 3.63) is 46.4 Å². The molecule has 0 aliphatic rings. The van der Waals surface area contributed by atoms with Gasteiger partial charge < -0.3 is 35.5 Å². The van der Waals surface area contributed by atoms with Crippen LogP contribution in [0.3, 0.4) is 0 Å². The van der Waals surface area contributed by atoms with Gasteiger partial charge in [-0.3, -0.25) is 0 Å². The van der Waals surface area contributed by atoms with Crippen molar-refractivity contribution in [1.82, 2.24) is 9.97 Å². The molecule has 2 heterocycles. The monoisotopic (exact) mass is 479 g/mol. The number of rotatable bonds is 2. The van der Waals surface area contributed by atoms with Gasteiger partial charge in [-0.15, -0.1) is 32.5 Å². The summed E-state index contributed by atoms with van der Waals surface area (Å²) in [5, 5.41) is 17.6. The molecule has 6 nitrogen and oxygen atoms in total. The summed E-state index contributed by atoms with van der Waals surface area (Å²) in [5.74, 6) is -2.01. The van der Waals surface area contributed by atoms with E-state index in [1.807, 2.05) is 12.1 Å². The van der Waals surface area contributed by atoms with Crippen LogP contribution in [0.5, 0.6) is 0 Å². The summed E-state index contributed by atoms with van der Waals surface area (Å²) < 4.78 is 1.65. The number of aromatic carboxylic acids is 2. The third-order valence-electron chi connectivity index (χ3n) is 3.13. The maximum atomic E-state index is 10.6. The van der Waals surface area contributed by atoms with E-state index in [1.54, 1.807) is 24.3 Å². The van der Waals surface area contributed by atoms with Crippen LogP contribution >= 0.6 is 22.7 Å². The molecule has 139 valence electrons. The SMILES string of the molecule is O=C(O)c1nc2c([S-])cccc2s1.O=C(O)c1nc2c([S-])cccc2s1.[Co+2]. The Kier molecular flexibility index (Phi) is 7.03. The molecule has 2 aromatic heterocycles. The predicted octanol–water partition coefficient (Wildman–Crippen LogP) is 3.80. The molecule has 0 saturated heterocycles. The van der Waals surface area contributed by atoms with Gasteiger partial charge in [0, 0.05) is 0 Å². The maximum absolute atomic E-state index is 10.6. The van der Waals surface area contributed by atoms with Gasteiger partial charge in [0.15, 0.2) is 0 Å². The minimum absolute atomic E-state index is 0. The number of hydrogen-bond acceptors (Lipinski definition) is 8. The van der Waals surface area contributed by atoms with Gasteiger partial charge in [0.05, 0.1) is 20.4 Å². The summed E-state index contributed by atoms with van der Waals surface area (Å²) in [6.45, 7) is 0. The Morgan fingerprint density at radius 2 is 1.15 bits per heavy atom. The van der Waals surface area contributed by atoms with Crippen LogP contribution in [-0.4, -0.2) is 32.1 Å². The second-order valence-corrected chi connectivity index (χ2v) is 7.80. The first kappa shape index (κ1) is 21.4. The van der Waals surface area contributed by atoms with Gasteiger partial charge in [-0.05, 0) is 12.1 Å². The maximum Gasteiger partial charge on any atom is 2.00 e. The number of carboxylic acids is 2. The van der Waals surface area contributed by atoms with E-state index in [2.05, 4.69) is 9.97 Å². The second kappa shape index (κ2) is 8.86. The van der Waals surface area contributed by atoms with E-state index >= 15 is 0 Å². The van der Waals surface area contributed by atoms with Crippen LogP contribution in [0.25, 0.3) is 20.4 Å². The molecule has 0 unspecified atom stereocenters.